The van der Waals surface area contributed by atoms with Crippen molar-refractivity contribution >= 4 is 5.97 Å². The van der Waals surface area contributed by atoms with E-state index in [4.69, 9.17) is 4.74 Å². The Morgan fingerprint density at radius 2 is 0.744 bits per heavy atom. The number of hydrogen-bond donors (Lipinski definition) is 0. The van der Waals surface area contributed by atoms with E-state index >= 15 is 0 Å². The lowest BCUT2D eigenvalue weighted by Gasteiger charge is -2.21. The van der Waals surface area contributed by atoms with E-state index in [9.17, 15) is 4.79 Å². The predicted octanol–water partition coefficient (Wildman–Crippen LogP) is 12.9. The molecular formula is C40H77NO2. The Morgan fingerprint density at radius 3 is 1.07 bits per heavy atom. The van der Waals surface area contributed by atoms with Crippen LogP contribution in [0.5, 0.6) is 0 Å². The number of hydrogen-bond acceptors (Lipinski definition) is 3. The molecule has 0 unspecified atom stereocenters. The fourth-order valence-corrected chi connectivity index (χ4v) is 5.85. The van der Waals surface area contributed by atoms with Crippen molar-refractivity contribution in [2.75, 3.05) is 26.7 Å². The molecule has 0 fully saturated rings. The highest BCUT2D eigenvalue weighted by Crippen LogP contribution is 2.13. The van der Waals surface area contributed by atoms with Crippen molar-refractivity contribution in [3.63, 3.8) is 0 Å². The van der Waals surface area contributed by atoms with Crippen LogP contribution in [0.1, 0.15) is 200 Å². The summed E-state index contributed by atoms with van der Waals surface area (Å²) in [6, 6.07) is 0. The molecule has 0 aromatic carbocycles. The van der Waals surface area contributed by atoms with Crippen LogP contribution in [0.4, 0.5) is 0 Å². The van der Waals surface area contributed by atoms with Gasteiger partial charge in [0.2, 0.25) is 0 Å². The van der Waals surface area contributed by atoms with Crippen molar-refractivity contribution in [2.24, 2.45) is 0 Å². The molecule has 3 nitrogen and oxygen atoms in total. The molecular weight excluding hydrogens is 526 g/mol. The lowest BCUT2D eigenvalue weighted by atomic mass is 10.1. The fraction of sp³-hybridized carbons (Fsp3) is 0.875. The monoisotopic (exact) mass is 604 g/mol. The van der Waals surface area contributed by atoms with Gasteiger partial charge < -0.3 is 9.64 Å². The van der Waals surface area contributed by atoms with Gasteiger partial charge in [0.05, 0.1) is 13.5 Å². The van der Waals surface area contributed by atoms with E-state index in [-0.39, 0.29) is 5.97 Å². The summed E-state index contributed by atoms with van der Waals surface area (Å²) in [5, 5.41) is 0. The minimum absolute atomic E-state index is 0.0768. The number of allylic oxidation sites excluding steroid dienone is 4. The molecule has 0 saturated carbocycles. The minimum Gasteiger partial charge on any atom is -0.469 e. The molecule has 0 spiro atoms. The van der Waals surface area contributed by atoms with Crippen LogP contribution in [0.25, 0.3) is 0 Å². The van der Waals surface area contributed by atoms with E-state index in [1.165, 1.54) is 187 Å². The van der Waals surface area contributed by atoms with Gasteiger partial charge >= 0.3 is 5.97 Å². The summed E-state index contributed by atoms with van der Waals surface area (Å²) in [7, 11) is 1.50. The number of methoxy groups -OCH3 is 1. The zero-order valence-electron chi connectivity index (χ0n) is 29.7. The van der Waals surface area contributed by atoms with Gasteiger partial charge in [-0.2, -0.15) is 0 Å². The first-order valence-corrected chi connectivity index (χ1v) is 19.3. The molecule has 0 aliphatic carbocycles. The summed E-state index contributed by atoms with van der Waals surface area (Å²) in [5.74, 6) is -0.0768. The van der Waals surface area contributed by atoms with Crippen molar-refractivity contribution in [3.05, 3.63) is 24.3 Å². The third-order valence-electron chi connectivity index (χ3n) is 8.83. The maximum absolute atomic E-state index is 11.7. The summed E-state index contributed by atoms with van der Waals surface area (Å²) >= 11 is 0. The summed E-state index contributed by atoms with van der Waals surface area (Å²) in [5.41, 5.74) is 0. The van der Waals surface area contributed by atoms with Crippen LogP contribution < -0.4 is 0 Å². The van der Waals surface area contributed by atoms with Crippen LogP contribution in [0.2, 0.25) is 0 Å². The summed E-state index contributed by atoms with van der Waals surface area (Å²) in [6.07, 6.45) is 47.9. The van der Waals surface area contributed by atoms with E-state index in [0.29, 0.717) is 6.42 Å². The Bertz CT molecular complexity index is 557. The molecule has 0 bridgehead atoms. The molecule has 3 heteroatoms. The lowest BCUT2D eigenvalue weighted by Crippen LogP contribution is -2.29. The van der Waals surface area contributed by atoms with Gasteiger partial charge in [-0.3, -0.25) is 4.79 Å². The highest BCUT2D eigenvalue weighted by Gasteiger charge is 2.08. The number of ether oxygens (including phenoxy) is 1. The SMILES string of the molecule is CCCCCCCCC=CCCCCCCCCN(CCCCCCCCC=CCCCCCCCC)CCC(=O)OC. The third kappa shape index (κ3) is 35.3. The van der Waals surface area contributed by atoms with Crippen molar-refractivity contribution in [1.29, 1.82) is 0 Å². The molecule has 0 radical (unpaired) electrons. The normalized spacial score (nSPS) is 11.9. The fourth-order valence-electron chi connectivity index (χ4n) is 5.85. The summed E-state index contributed by atoms with van der Waals surface area (Å²) < 4.78 is 4.90. The average Bonchev–Trinajstić information content (AvgIpc) is 3.02. The Morgan fingerprint density at radius 1 is 0.442 bits per heavy atom. The van der Waals surface area contributed by atoms with Crippen molar-refractivity contribution in [1.82, 2.24) is 4.90 Å². The second kappa shape index (κ2) is 37.1. The van der Waals surface area contributed by atoms with Gasteiger partial charge in [0.25, 0.3) is 0 Å². The zero-order valence-corrected chi connectivity index (χ0v) is 29.7. The topological polar surface area (TPSA) is 29.5 Å². The zero-order chi connectivity index (χ0) is 31.3. The third-order valence-corrected chi connectivity index (χ3v) is 8.83. The van der Waals surface area contributed by atoms with Gasteiger partial charge in [-0.25, -0.2) is 0 Å². The Labute approximate surface area is 271 Å². The number of nitrogens with zero attached hydrogens (tertiary/aromatic N) is 1. The highest BCUT2D eigenvalue weighted by molar-refractivity contribution is 5.69. The van der Waals surface area contributed by atoms with E-state index < -0.39 is 0 Å². The molecule has 43 heavy (non-hydrogen) atoms. The molecule has 0 N–H and O–H groups in total. The van der Waals surface area contributed by atoms with Gasteiger partial charge in [0.1, 0.15) is 0 Å². The van der Waals surface area contributed by atoms with E-state index in [0.717, 1.165) is 19.6 Å². The van der Waals surface area contributed by atoms with Gasteiger partial charge in [-0.05, 0) is 77.3 Å². The minimum atomic E-state index is -0.0768. The molecule has 0 aliphatic heterocycles. The molecule has 0 rings (SSSR count). The first-order valence-electron chi connectivity index (χ1n) is 19.3. The number of unbranched alkanes of at least 4 members (excludes halogenated alkanes) is 24. The Hall–Kier alpha value is -1.09. The smallest absolute Gasteiger partial charge is 0.306 e. The molecule has 254 valence electrons. The van der Waals surface area contributed by atoms with Gasteiger partial charge in [0, 0.05) is 6.54 Å². The first kappa shape index (κ1) is 41.9. The standard InChI is InChI=1S/C40H77NO2/c1-4-6-8-10-12-14-16-18-20-22-24-26-28-30-32-34-37-41(39-36-40(42)43-3)38-35-33-31-29-27-25-23-21-19-17-15-13-11-9-7-5-2/h18-21H,4-17,22-39H2,1-3H3. The van der Waals surface area contributed by atoms with E-state index in [2.05, 4.69) is 43.1 Å². The maximum atomic E-state index is 11.7. The predicted molar refractivity (Wildman–Crippen MR) is 192 cm³/mol. The number of rotatable bonds is 35. The van der Waals surface area contributed by atoms with Crippen LogP contribution in [-0.4, -0.2) is 37.6 Å². The van der Waals surface area contributed by atoms with Gasteiger partial charge in [-0.15, -0.1) is 0 Å². The summed E-state index contributed by atoms with van der Waals surface area (Å²) in [6.45, 7) is 7.68. The van der Waals surface area contributed by atoms with Crippen LogP contribution in [0.3, 0.4) is 0 Å². The molecule has 0 aliphatic rings. The molecule has 0 atom stereocenters. The van der Waals surface area contributed by atoms with Gasteiger partial charge in [-0.1, -0.05) is 154 Å². The Balaban J connectivity index is 3.72. The van der Waals surface area contributed by atoms with Crippen LogP contribution in [0, 0.1) is 0 Å². The molecule has 0 saturated heterocycles. The number of esters is 1. The second-order valence-electron chi connectivity index (χ2n) is 13.0. The second-order valence-corrected chi connectivity index (χ2v) is 13.0. The summed E-state index contributed by atoms with van der Waals surface area (Å²) in [4.78, 5) is 14.2. The molecule has 0 aromatic heterocycles. The largest absolute Gasteiger partial charge is 0.469 e. The van der Waals surface area contributed by atoms with E-state index in [1.54, 1.807) is 0 Å². The van der Waals surface area contributed by atoms with Crippen molar-refractivity contribution < 1.29 is 9.53 Å². The quantitative estimate of drug-likeness (QED) is 0.0410. The van der Waals surface area contributed by atoms with E-state index in [1.807, 2.05) is 0 Å². The first-order chi connectivity index (χ1) is 21.2. The lowest BCUT2D eigenvalue weighted by molar-refractivity contribution is -0.141. The Kier molecular flexibility index (Phi) is 36.2. The van der Waals surface area contributed by atoms with Crippen molar-refractivity contribution in [3.8, 4) is 0 Å². The average molecular weight is 604 g/mol. The number of carbonyl (C=O) groups is 1. The van der Waals surface area contributed by atoms with Gasteiger partial charge in [0.15, 0.2) is 0 Å². The van der Waals surface area contributed by atoms with Crippen LogP contribution in [0.15, 0.2) is 24.3 Å². The molecule has 0 amide bonds. The molecule has 0 aromatic rings. The number of carbonyl (C=O) groups excluding carboxylic acids is 1. The highest BCUT2D eigenvalue weighted by atomic mass is 16.5. The van der Waals surface area contributed by atoms with Crippen LogP contribution >= 0.6 is 0 Å². The van der Waals surface area contributed by atoms with Crippen molar-refractivity contribution in [2.45, 2.75) is 200 Å². The molecule has 0 heterocycles. The van der Waals surface area contributed by atoms with Crippen LogP contribution in [-0.2, 0) is 9.53 Å². The maximum Gasteiger partial charge on any atom is 0.306 e.